The summed E-state index contributed by atoms with van der Waals surface area (Å²) in [6, 6.07) is 5.57. The highest BCUT2D eigenvalue weighted by Gasteiger charge is 2.04. The number of methoxy groups -OCH3 is 2. The Labute approximate surface area is 94.9 Å². The maximum Gasteiger partial charge on any atom is 0.124 e. The van der Waals surface area contributed by atoms with Gasteiger partial charge in [-0.15, -0.1) is 11.6 Å². The third-order valence-corrected chi connectivity index (χ3v) is 2.24. The van der Waals surface area contributed by atoms with Crippen molar-refractivity contribution in [3.63, 3.8) is 0 Å². The summed E-state index contributed by atoms with van der Waals surface area (Å²) in [5.41, 5.74) is 0.923. The lowest BCUT2D eigenvalue weighted by atomic mass is 10.2. The van der Waals surface area contributed by atoms with Crippen LogP contribution in [0, 0.1) is 0 Å². The van der Waals surface area contributed by atoms with Crippen molar-refractivity contribution in [2.45, 2.75) is 5.88 Å². The number of rotatable bonds is 6. The molecule has 0 aliphatic rings. The predicted molar refractivity (Wildman–Crippen MR) is 59.9 cm³/mol. The van der Waals surface area contributed by atoms with Gasteiger partial charge in [-0.05, 0) is 18.2 Å². The SMILES string of the molecule is COCCOc1ccc(OC)cc1CCl. The number of ether oxygens (including phenoxy) is 3. The molecule has 4 heteroatoms. The molecule has 0 saturated carbocycles. The normalized spacial score (nSPS) is 10.1. The quantitative estimate of drug-likeness (QED) is 0.555. The molecular formula is C11H15ClO3. The molecule has 0 unspecified atom stereocenters. The Morgan fingerprint density at radius 3 is 2.60 bits per heavy atom. The minimum Gasteiger partial charge on any atom is -0.497 e. The van der Waals surface area contributed by atoms with Crippen molar-refractivity contribution in [1.29, 1.82) is 0 Å². The highest BCUT2D eigenvalue weighted by atomic mass is 35.5. The van der Waals surface area contributed by atoms with E-state index < -0.39 is 0 Å². The average molecular weight is 231 g/mol. The van der Waals surface area contributed by atoms with Crippen LogP contribution in [0.5, 0.6) is 11.5 Å². The lowest BCUT2D eigenvalue weighted by Gasteiger charge is -2.10. The van der Waals surface area contributed by atoms with Crippen LogP contribution in [-0.4, -0.2) is 27.4 Å². The van der Waals surface area contributed by atoms with Crippen LogP contribution in [0.2, 0.25) is 0 Å². The van der Waals surface area contributed by atoms with E-state index in [0.29, 0.717) is 19.1 Å². The molecule has 0 bridgehead atoms. The highest BCUT2D eigenvalue weighted by molar-refractivity contribution is 6.17. The summed E-state index contributed by atoms with van der Waals surface area (Å²) in [6.45, 7) is 1.08. The maximum atomic E-state index is 5.81. The summed E-state index contributed by atoms with van der Waals surface area (Å²) in [4.78, 5) is 0. The van der Waals surface area contributed by atoms with E-state index in [2.05, 4.69) is 0 Å². The monoisotopic (exact) mass is 230 g/mol. The van der Waals surface area contributed by atoms with Gasteiger partial charge in [-0.2, -0.15) is 0 Å². The van der Waals surface area contributed by atoms with Crippen LogP contribution < -0.4 is 9.47 Å². The Kier molecular flexibility index (Phi) is 5.29. The summed E-state index contributed by atoms with van der Waals surface area (Å²) in [5, 5.41) is 0. The zero-order valence-electron chi connectivity index (χ0n) is 8.96. The minimum atomic E-state index is 0.402. The molecular weight excluding hydrogens is 216 g/mol. The molecule has 3 nitrogen and oxygen atoms in total. The number of alkyl halides is 1. The van der Waals surface area contributed by atoms with Gasteiger partial charge in [0.15, 0.2) is 0 Å². The average Bonchev–Trinajstić information content (AvgIpc) is 2.29. The largest absolute Gasteiger partial charge is 0.497 e. The van der Waals surface area contributed by atoms with Crippen molar-refractivity contribution in [1.82, 2.24) is 0 Å². The molecule has 0 N–H and O–H groups in total. The van der Waals surface area contributed by atoms with Gasteiger partial charge in [0, 0.05) is 12.7 Å². The predicted octanol–water partition coefficient (Wildman–Crippen LogP) is 2.46. The fraction of sp³-hybridized carbons (Fsp3) is 0.455. The smallest absolute Gasteiger partial charge is 0.124 e. The second-order valence-electron chi connectivity index (χ2n) is 2.95. The molecule has 0 heterocycles. The summed E-state index contributed by atoms with van der Waals surface area (Å²) in [5.74, 6) is 1.96. The van der Waals surface area contributed by atoms with Crippen molar-refractivity contribution in [3.8, 4) is 11.5 Å². The molecule has 0 fully saturated rings. The van der Waals surface area contributed by atoms with E-state index in [0.717, 1.165) is 17.1 Å². The van der Waals surface area contributed by atoms with Gasteiger partial charge < -0.3 is 14.2 Å². The molecule has 1 aromatic rings. The van der Waals surface area contributed by atoms with Crippen LogP contribution >= 0.6 is 11.6 Å². The van der Waals surface area contributed by atoms with Gasteiger partial charge in [0.2, 0.25) is 0 Å². The molecule has 0 aliphatic heterocycles. The van der Waals surface area contributed by atoms with Gasteiger partial charge in [-0.25, -0.2) is 0 Å². The lowest BCUT2D eigenvalue weighted by molar-refractivity contribution is 0.146. The Balaban J connectivity index is 2.69. The first kappa shape index (κ1) is 12.1. The van der Waals surface area contributed by atoms with Gasteiger partial charge in [0.25, 0.3) is 0 Å². The van der Waals surface area contributed by atoms with E-state index in [-0.39, 0.29) is 0 Å². The molecule has 0 radical (unpaired) electrons. The van der Waals surface area contributed by atoms with Gasteiger partial charge in [0.05, 0.1) is 19.6 Å². The number of halogens is 1. The molecule has 0 aliphatic carbocycles. The summed E-state index contributed by atoms with van der Waals surface area (Å²) < 4.78 is 15.5. The summed E-state index contributed by atoms with van der Waals surface area (Å²) in [6.07, 6.45) is 0. The molecule has 0 aromatic heterocycles. The number of hydrogen-bond acceptors (Lipinski definition) is 3. The Morgan fingerprint density at radius 2 is 2.00 bits per heavy atom. The molecule has 0 amide bonds. The lowest BCUT2D eigenvalue weighted by Crippen LogP contribution is -2.05. The molecule has 0 atom stereocenters. The first-order valence-corrected chi connectivity index (χ1v) is 5.20. The first-order chi connectivity index (χ1) is 7.31. The highest BCUT2D eigenvalue weighted by Crippen LogP contribution is 2.25. The van der Waals surface area contributed by atoms with Crippen LogP contribution in [-0.2, 0) is 10.6 Å². The molecule has 1 aromatic carbocycles. The van der Waals surface area contributed by atoms with E-state index in [4.69, 9.17) is 25.8 Å². The second kappa shape index (κ2) is 6.53. The topological polar surface area (TPSA) is 27.7 Å². The third kappa shape index (κ3) is 3.61. The van der Waals surface area contributed by atoms with Crippen LogP contribution in [0.3, 0.4) is 0 Å². The molecule has 1 rings (SSSR count). The number of hydrogen-bond donors (Lipinski definition) is 0. The summed E-state index contributed by atoms with van der Waals surface area (Å²) >= 11 is 5.81. The Hall–Kier alpha value is -0.930. The van der Waals surface area contributed by atoms with E-state index in [1.54, 1.807) is 14.2 Å². The van der Waals surface area contributed by atoms with Crippen LogP contribution in [0.1, 0.15) is 5.56 Å². The van der Waals surface area contributed by atoms with Crippen molar-refractivity contribution in [2.24, 2.45) is 0 Å². The van der Waals surface area contributed by atoms with Crippen molar-refractivity contribution in [3.05, 3.63) is 23.8 Å². The number of benzene rings is 1. The molecule has 15 heavy (non-hydrogen) atoms. The van der Waals surface area contributed by atoms with Crippen molar-refractivity contribution >= 4 is 11.6 Å². The van der Waals surface area contributed by atoms with Crippen LogP contribution in [0.25, 0.3) is 0 Å². The van der Waals surface area contributed by atoms with Crippen molar-refractivity contribution in [2.75, 3.05) is 27.4 Å². The zero-order chi connectivity index (χ0) is 11.1. The first-order valence-electron chi connectivity index (χ1n) is 4.66. The Bertz CT molecular complexity index is 302. The molecule has 0 spiro atoms. The molecule has 84 valence electrons. The van der Waals surface area contributed by atoms with Crippen LogP contribution in [0.4, 0.5) is 0 Å². The van der Waals surface area contributed by atoms with E-state index in [1.165, 1.54) is 0 Å². The van der Waals surface area contributed by atoms with E-state index in [9.17, 15) is 0 Å². The van der Waals surface area contributed by atoms with Gasteiger partial charge in [0.1, 0.15) is 18.1 Å². The van der Waals surface area contributed by atoms with Crippen LogP contribution in [0.15, 0.2) is 18.2 Å². The van der Waals surface area contributed by atoms with E-state index in [1.807, 2.05) is 18.2 Å². The van der Waals surface area contributed by atoms with Gasteiger partial charge in [-0.3, -0.25) is 0 Å². The minimum absolute atomic E-state index is 0.402. The van der Waals surface area contributed by atoms with Gasteiger partial charge >= 0.3 is 0 Å². The van der Waals surface area contributed by atoms with Gasteiger partial charge in [-0.1, -0.05) is 0 Å². The molecule has 0 saturated heterocycles. The Morgan fingerprint density at radius 1 is 1.20 bits per heavy atom. The summed E-state index contributed by atoms with van der Waals surface area (Å²) in [7, 11) is 3.26. The van der Waals surface area contributed by atoms with E-state index >= 15 is 0 Å². The standard InChI is InChI=1S/C11H15ClO3/c1-13-5-6-15-11-4-3-10(14-2)7-9(11)8-12/h3-4,7H,5-6,8H2,1-2H3. The zero-order valence-corrected chi connectivity index (χ0v) is 9.71. The maximum absolute atomic E-state index is 5.81. The fourth-order valence-corrected chi connectivity index (χ4v) is 1.37. The second-order valence-corrected chi connectivity index (χ2v) is 3.22. The fourth-order valence-electron chi connectivity index (χ4n) is 1.16. The van der Waals surface area contributed by atoms with Crippen molar-refractivity contribution < 1.29 is 14.2 Å². The third-order valence-electron chi connectivity index (χ3n) is 1.96.